The minimum atomic E-state index is -0.285. The first-order chi connectivity index (χ1) is 9.47. The van der Waals surface area contributed by atoms with Gasteiger partial charge in [0.15, 0.2) is 5.78 Å². The number of aryl methyl sites for hydroxylation is 1. The second kappa shape index (κ2) is 5.96. The maximum absolute atomic E-state index is 12.9. The van der Waals surface area contributed by atoms with Crippen LogP contribution in [-0.2, 0) is 0 Å². The van der Waals surface area contributed by atoms with Crippen LogP contribution in [0.2, 0.25) is 0 Å². The lowest BCUT2D eigenvalue weighted by atomic mass is 10.2. The molecule has 104 valence electrons. The Balaban J connectivity index is 2.30. The van der Waals surface area contributed by atoms with Gasteiger partial charge in [-0.1, -0.05) is 0 Å². The summed E-state index contributed by atoms with van der Waals surface area (Å²) < 4.78 is 12.9. The Morgan fingerprint density at radius 1 is 1.30 bits per heavy atom. The zero-order valence-electron chi connectivity index (χ0n) is 11.6. The molecule has 0 radical (unpaired) electrons. The zero-order valence-corrected chi connectivity index (χ0v) is 12.4. The summed E-state index contributed by atoms with van der Waals surface area (Å²) in [5, 5.41) is 0.726. The molecule has 0 saturated heterocycles. The molecule has 0 aliphatic carbocycles. The number of carbonyl (C=O) groups is 1. The van der Waals surface area contributed by atoms with Crippen molar-refractivity contribution in [3.8, 4) is 10.6 Å². The predicted molar refractivity (Wildman–Crippen MR) is 79.4 cm³/mol. The third-order valence-electron chi connectivity index (χ3n) is 2.64. The highest BCUT2D eigenvalue weighted by Gasteiger charge is 2.14. The van der Waals surface area contributed by atoms with Gasteiger partial charge in [-0.15, -0.1) is 11.3 Å². The van der Waals surface area contributed by atoms with Gasteiger partial charge in [-0.05, 0) is 31.2 Å². The number of thiazole rings is 1. The number of hydrogen-bond donors (Lipinski definition) is 0. The van der Waals surface area contributed by atoms with Crippen molar-refractivity contribution >= 4 is 17.1 Å². The topological polar surface area (TPSA) is 33.2 Å². The normalized spacial score (nSPS) is 11.0. The first-order valence-electron chi connectivity index (χ1n) is 6.09. The number of allylic oxidation sites excluding steroid dienone is 1. The van der Waals surface area contributed by atoms with Crippen LogP contribution < -0.4 is 0 Å². The molecule has 20 heavy (non-hydrogen) atoms. The van der Waals surface area contributed by atoms with Crippen molar-refractivity contribution in [2.75, 3.05) is 14.1 Å². The highest BCUT2D eigenvalue weighted by molar-refractivity contribution is 7.17. The van der Waals surface area contributed by atoms with Crippen molar-refractivity contribution in [1.29, 1.82) is 0 Å². The van der Waals surface area contributed by atoms with E-state index >= 15 is 0 Å². The van der Waals surface area contributed by atoms with Crippen LogP contribution in [0.3, 0.4) is 0 Å². The fourth-order valence-electron chi connectivity index (χ4n) is 1.63. The van der Waals surface area contributed by atoms with Crippen LogP contribution in [0.4, 0.5) is 4.39 Å². The van der Waals surface area contributed by atoms with Crippen molar-refractivity contribution in [2.24, 2.45) is 0 Å². The Kier molecular flexibility index (Phi) is 4.29. The number of benzene rings is 1. The van der Waals surface area contributed by atoms with E-state index in [1.54, 1.807) is 30.2 Å². The summed E-state index contributed by atoms with van der Waals surface area (Å²) in [5.74, 6) is -0.352. The van der Waals surface area contributed by atoms with Gasteiger partial charge in [0, 0.05) is 31.9 Å². The molecule has 3 nitrogen and oxygen atoms in total. The van der Waals surface area contributed by atoms with Gasteiger partial charge in [0.05, 0.1) is 10.6 Å². The molecule has 0 aliphatic rings. The summed E-state index contributed by atoms with van der Waals surface area (Å²) in [6.07, 6.45) is 3.23. The highest BCUT2D eigenvalue weighted by Crippen LogP contribution is 2.28. The summed E-state index contributed by atoms with van der Waals surface area (Å²) in [6.45, 7) is 1.81. The van der Waals surface area contributed by atoms with Gasteiger partial charge in [-0.3, -0.25) is 4.79 Å². The molecule has 1 aromatic heterocycles. The van der Waals surface area contributed by atoms with Gasteiger partial charge < -0.3 is 4.90 Å². The quantitative estimate of drug-likeness (QED) is 0.638. The molecular formula is C15H15FN2OS. The molecule has 1 heterocycles. The lowest BCUT2D eigenvalue weighted by Crippen LogP contribution is -2.02. The monoisotopic (exact) mass is 290 g/mol. The maximum atomic E-state index is 12.9. The molecule has 0 unspecified atom stereocenters. The van der Waals surface area contributed by atoms with Gasteiger partial charge >= 0.3 is 0 Å². The van der Waals surface area contributed by atoms with Gasteiger partial charge in [-0.25, -0.2) is 9.37 Å². The molecule has 0 fully saturated rings. The lowest BCUT2D eigenvalue weighted by molar-refractivity contribution is 0.104. The third-order valence-corrected chi connectivity index (χ3v) is 3.86. The van der Waals surface area contributed by atoms with Crippen LogP contribution in [0.5, 0.6) is 0 Å². The number of halogens is 1. The molecule has 0 spiro atoms. The minimum absolute atomic E-state index is 0.0675. The summed E-state index contributed by atoms with van der Waals surface area (Å²) >= 11 is 1.33. The molecule has 0 saturated carbocycles. The first-order valence-corrected chi connectivity index (χ1v) is 6.91. The fraction of sp³-hybridized carbons (Fsp3) is 0.200. The van der Waals surface area contributed by atoms with E-state index in [0.717, 1.165) is 10.6 Å². The van der Waals surface area contributed by atoms with E-state index in [-0.39, 0.29) is 11.6 Å². The van der Waals surface area contributed by atoms with E-state index in [1.165, 1.54) is 29.5 Å². The zero-order chi connectivity index (χ0) is 14.7. The lowest BCUT2D eigenvalue weighted by Gasteiger charge is -2.01. The highest BCUT2D eigenvalue weighted by atomic mass is 32.1. The van der Waals surface area contributed by atoms with Gasteiger partial charge in [0.2, 0.25) is 0 Å². The number of nitrogens with zero attached hydrogens (tertiary/aromatic N) is 2. The van der Waals surface area contributed by atoms with Crippen LogP contribution in [-0.4, -0.2) is 29.8 Å². The van der Waals surface area contributed by atoms with Crippen LogP contribution in [0.1, 0.15) is 15.4 Å². The Hall–Kier alpha value is -2.01. The Morgan fingerprint density at radius 3 is 2.55 bits per heavy atom. The van der Waals surface area contributed by atoms with E-state index < -0.39 is 0 Å². The summed E-state index contributed by atoms with van der Waals surface area (Å²) in [7, 11) is 3.71. The standard InChI is InChI=1S/C15H15FN2OS/c1-10-14(13(19)8-9-18(2)3)20-15(17-10)11-4-6-12(16)7-5-11/h4-9H,1-3H3/b9-8+. The molecule has 2 aromatic rings. The number of hydrogen-bond acceptors (Lipinski definition) is 4. The van der Waals surface area contributed by atoms with Crippen molar-refractivity contribution in [2.45, 2.75) is 6.92 Å². The Labute approximate surface area is 121 Å². The largest absolute Gasteiger partial charge is 0.383 e. The van der Waals surface area contributed by atoms with Crippen LogP contribution in [0.25, 0.3) is 10.6 Å². The second-order valence-corrected chi connectivity index (χ2v) is 5.58. The van der Waals surface area contributed by atoms with E-state index in [9.17, 15) is 9.18 Å². The molecule has 0 atom stereocenters. The van der Waals surface area contributed by atoms with Crippen molar-refractivity contribution in [1.82, 2.24) is 9.88 Å². The number of rotatable bonds is 4. The average Bonchev–Trinajstić information content (AvgIpc) is 2.79. The first kappa shape index (κ1) is 14.4. The van der Waals surface area contributed by atoms with Crippen LogP contribution >= 0.6 is 11.3 Å². The van der Waals surface area contributed by atoms with Crippen molar-refractivity contribution in [3.05, 3.63) is 52.9 Å². The van der Waals surface area contributed by atoms with E-state index in [1.807, 2.05) is 14.1 Å². The smallest absolute Gasteiger partial charge is 0.199 e. The van der Waals surface area contributed by atoms with Crippen molar-refractivity contribution < 1.29 is 9.18 Å². The molecule has 0 aliphatic heterocycles. The van der Waals surface area contributed by atoms with Gasteiger partial charge in [0.1, 0.15) is 10.8 Å². The van der Waals surface area contributed by atoms with E-state index in [0.29, 0.717) is 10.6 Å². The molecule has 5 heteroatoms. The molecule has 0 bridgehead atoms. The summed E-state index contributed by atoms with van der Waals surface area (Å²) in [6, 6.07) is 6.11. The molecule has 0 N–H and O–H groups in total. The Bertz CT molecular complexity index is 644. The van der Waals surface area contributed by atoms with Crippen LogP contribution in [0.15, 0.2) is 36.5 Å². The summed E-state index contributed by atoms with van der Waals surface area (Å²) in [4.78, 5) is 18.9. The fourth-order valence-corrected chi connectivity index (χ4v) is 2.63. The van der Waals surface area contributed by atoms with E-state index in [2.05, 4.69) is 4.98 Å². The number of aromatic nitrogens is 1. The molecule has 0 amide bonds. The summed E-state index contributed by atoms with van der Waals surface area (Å²) in [5.41, 5.74) is 1.51. The maximum Gasteiger partial charge on any atom is 0.199 e. The SMILES string of the molecule is Cc1nc(-c2ccc(F)cc2)sc1C(=O)/C=C/N(C)C. The molecule has 1 aromatic carbocycles. The third kappa shape index (κ3) is 3.30. The average molecular weight is 290 g/mol. The second-order valence-electron chi connectivity index (χ2n) is 4.58. The predicted octanol–water partition coefficient (Wildman–Crippen LogP) is 3.52. The number of carbonyl (C=O) groups excluding carboxylic acids is 1. The number of ketones is 1. The van der Waals surface area contributed by atoms with Gasteiger partial charge in [0.25, 0.3) is 0 Å². The van der Waals surface area contributed by atoms with E-state index in [4.69, 9.17) is 0 Å². The van der Waals surface area contributed by atoms with Gasteiger partial charge in [-0.2, -0.15) is 0 Å². The molecular weight excluding hydrogens is 275 g/mol. The molecule has 2 rings (SSSR count). The van der Waals surface area contributed by atoms with Crippen molar-refractivity contribution in [3.63, 3.8) is 0 Å². The van der Waals surface area contributed by atoms with Crippen LogP contribution in [0, 0.1) is 12.7 Å². The minimum Gasteiger partial charge on any atom is -0.383 e. The Morgan fingerprint density at radius 2 is 1.95 bits per heavy atom.